The van der Waals surface area contributed by atoms with Gasteiger partial charge in [0.15, 0.2) is 0 Å². The number of carboxylic acids is 1. The van der Waals surface area contributed by atoms with E-state index in [4.69, 9.17) is 5.11 Å². The molecule has 0 aromatic heterocycles. The third-order valence-electron chi connectivity index (χ3n) is 2.97. The van der Waals surface area contributed by atoms with Crippen molar-refractivity contribution in [3.8, 4) is 0 Å². The summed E-state index contributed by atoms with van der Waals surface area (Å²) in [4.78, 5) is 24.8. The molecule has 92 valence electrons. The van der Waals surface area contributed by atoms with Gasteiger partial charge in [-0.3, -0.25) is 4.79 Å². The molecule has 5 heteroatoms. The number of carbonyl (C=O) groups is 2. The van der Waals surface area contributed by atoms with E-state index in [1.165, 1.54) is 13.8 Å². The highest BCUT2D eigenvalue weighted by Crippen LogP contribution is 2.16. The van der Waals surface area contributed by atoms with Crippen LogP contribution in [0.4, 0.5) is 0 Å². The maximum Gasteiger partial charge on any atom is 0.328 e. The van der Waals surface area contributed by atoms with Gasteiger partial charge >= 0.3 is 5.97 Å². The average molecular weight is 228 g/mol. The molecule has 1 rings (SSSR count). The maximum atomic E-state index is 11.9. The summed E-state index contributed by atoms with van der Waals surface area (Å²) in [7, 11) is 1.97. The van der Waals surface area contributed by atoms with Crippen LogP contribution in [0.25, 0.3) is 0 Å². The molecule has 1 amide bonds. The molecule has 0 spiro atoms. The zero-order valence-corrected chi connectivity index (χ0v) is 10.1. The van der Waals surface area contributed by atoms with E-state index in [1.807, 2.05) is 7.05 Å². The smallest absolute Gasteiger partial charge is 0.328 e. The molecular weight excluding hydrogens is 208 g/mol. The lowest BCUT2D eigenvalue weighted by molar-refractivity contribution is -0.147. The molecule has 1 aliphatic heterocycles. The third-order valence-corrected chi connectivity index (χ3v) is 2.97. The van der Waals surface area contributed by atoms with Gasteiger partial charge in [0, 0.05) is 6.54 Å². The fourth-order valence-electron chi connectivity index (χ4n) is 1.84. The first-order valence-corrected chi connectivity index (χ1v) is 5.57. The molecule has 1 fully saturated rings. The quantitative estimate of drug-likeness (QED) is 0.729. The van der Waals surface area contributed by atoms with Gasteiger partial charge in [-0.15, -0.1) is 0 Å². The molecule has 0 aromatic carbocycles. The van der Waals surface area contributed by atoms with Crippen LogP contribution in [0.2, 0.25) is 0 Å². The lowest BCUT2D eigenvalue weighted by Gasteiger charge is -2.31. The lowest BCUT2D eigenvalue weighted by Crippen LogP contribution is -2.53. The molecule has 1 unspecified atom stereocenters. The highest BCUT2D eigenvalue weighted by atomic mass is 16.4. The van der Waals surface area contributed by atoms with Crippen LogP contribution in [-0.2, 0) is 9.59 Å². The van der Waals surface area contributed by atoms with Crippen LogP contribution in [0.3, 0.4) is 0 Å². The second kappa shape index (κ2) is 4.82. The third kappa shape index (κ3) is 3.20. The summed E-state index contributed by atoms with van der Waals surface area (Å²) in [5, 5.41) is 11.5. The largest absolute Gasteiger partial charge is 0.480 e. The van der Waals surface area contributed by atoms with Crippen molar-refractivity contribution >= 4 is 11.9 Å². The fourth-order valence-corrected chi connectivity index (χ4v) is 1.84. The van der Waals surface area contributed by atoms with Crippen molar-refractivity contribution in [2.75, 3.05) is 20.1 Å². The van der Waals surface area contributed by atoms with E-state index in [-0.39, 0.29) is 11.8 Å². The van der Waals surface area contributed by atoms with E-state index in [1.54, 1.807) is 0 Å². The maximum absolute atomic E-state index is 11.9. The highest BCUT2D eigenvalue weighted by Gasteiger charge is 2.32. The topological polar surface area (TPSA) is 69.6 Å². The fraction of sp³-hybridized carbons (Fsp3) is 0.818. The lowest BCUT2D eigenvalue weighted by atomic mass is 9.95. The number of aliphatic carboxylic acids is 1. The van der Waals surface area contributed by atoms with Crippen molar-refractivity contribution in [2.24, 2.45) is 5.92 Å². The van der Waals surface area contributed by atoms with Crippen molar-refractivity contribution < 1.29 is 14.7 Å². The number of hydrogen-bond acceptors (Lipinski definition) is 3. The van der Waals surface area contributed by atoms with Crippen LogP contribution in [0, 0.1) is 5.92 Å². The van der Waals surface area contributed by atoms with Gasteiger partial charge < -0.3 is 15.3 Å². The number of rotatable bonds is 3. The first-order valence-electron chi connectivity index (χ1n) is 5.57. The Labute approximate surface area is 95.8 Å². The van der Waals surface area contributed by atoms with Crippen LogP contribution in [0.5, 0.6) is 0 Å². The van der Waals surface area contributed by atoms with E-state index in [2.05, 4.69) is 10.2 Å². The summed E-state index contributed by atoms with van der Waals surface area (Å²) in [5.41, 5.74) is -1.19. The zero-order chi connectivity index (χ0) is 12.3. The monoisotopic (exact) mass is 228 g/mol. The van der Waals surface area contributed by atoms with Crippen molar-refractivity contribution in [3.05, 3.63) is 0 Å². The summed E-state index contributed by atoms with van der Waals surface area (Å²) in [6, 6.07) is 0. The van der Waals surface area contributed by atoms with Gasteiger partial charge in [-0.2, -0.15) is 0 Å². The Kier molecular flexibility index (Phi) is 3.91. The van der Waals surface area contributed by atoms with Crippen LogP contribution in [0.15, 0.2) is 0 Å². The van der Waals surface area contributed by atoms with Crippen molar-refractivity contribution in [3.63, 3.8) is 0 Å². The number of nitrogens with zero attached hydrogens (tertiary/aromatic N) is 1. The highest BCUT2D eigenvalue weighted by molar-refractivity contribution is 5.87. The molecule has 1 saturated heterocycles. The second-order valence-corrected chi connectivity index (χ2v) is 5.02. The second-order valence-electron chi connectivity index (χ2n) is 5.02. The Balaban J connectivity index is 2.55. The molecular formula is C11H20N2O3. The number of hydrogen-bond donors (Lipinski definition) is 2. The van der Waals surface area contributed by atoms with E-state index >= 15 is 0 Å². The summed E-state index contributed by atoms with van der Waals surface area (Å²) in [5.74, 6) is -1.25. The van der Waals surface area contributed by atoms with Gasteiger partial charge in [0.1, 0.15) is 5.54 Å². The molecule has 1 heterocycles. The number of piperidine rings is 1. The molecule has 0 aromatic rings. The van der Waals surface area contributed by atoms with Crippen LogP contribution in [0.1, 0.15) is 26.7 Å². The Bertz CT molecular complexity index is 289. The molecule has 0 bridgehead atoms. The van der Waals surface area contributed by atoms with E-state index in [9.17, 15) is 9.59 Å². The minimum absolute atomic E-state index is 0.0858. The van der Waals surface area contributed by atoms with Gasteiger partial charge in [-0.1, -0.05) is 0 Å². The standard InChI is InChI=1S/C11H20N2O3/c1-11(2,10(15)16)12-9(14)8-5-4-6-13(3)7-8/h8H,4-7H2,1-3H3,(H,12,14)(H,15,16). The summed E-state index contributed by atoms with van der Waals surface area (Å²) < 4.78 is 0. The van der Waals surface area contributed by atoms with Gasteiger partial charge in [0.05, 0.1) is 5.92 Å². The van der Waals surface area contributed by atoms with E-state index < -0.39 is 11.5 Å². The van der Waals surface area contributed by atoms with Crippen molar-refractivity contribution in [1.29, 1.82) is 0 Å². The van der Waals surface area contributed by atoms with Crippen molar-refractivity contribution in [2.45, 2.75) is 32.2 Å². The average Bonchev–Trinajstić information content (AvgIpc) is 2.16. The number of carboxylic acid groups (broad SMARTS) is 1. The zero-order valence-electron chi connectivity index (χ0n) is 10.1. The Morgan fingerprint density at radius 2 is 2.06 bits per heavy atom. The minimum atomic E-state index is -1.19. The Hall–Kier alpha value is -1.10. The first kappa shape index (κ1) is 13.0. The van der Waals surface area contributed by atoms with Crippen LogP contribution in [-0.4, -0.2) is 47.6 Å². The molecule has 1 aliphatic rings. The van der Waals surface area contributed by atoms with E-state index in [0.717, 1.165) is 19.4 Å². The van der Waals surface area contributed by atoms with Crippen LogP contribution < -0.4 is 5.32 Å². The normalized spacial score (nSPS) is 22.8. The molecule has 1 atom stereocenters. The Morgan fingerprint density at radius 1 is 1.44 bits per heavy atom. The molecule has 16 heavy (non-hydrogen) atoms. The van der Waals surface area contributed by atoms with Crippen LogP contribution >= 0.6 is 0 Å². The number of likely N-dealkylation sites (tertiary alicyclic amines) is 1. The van der Waals surface area contributed by atoms with Gasteiger partial charge in [-0.05, 0) is 40.3 Å². The number of nitrogens with one attached hydrogen (secondary N) is 1. The molecule has 2 N–H and O–H groups in total. The molecule has 0 radical (unpaired) electrons. The summed E-state index contributed by atoms with van der Waals surface area (Å²) >= 11 is 0. The summed E-state index contributed by atoms with van der Waals surface area (Å²) in [6.07, 6.45) is 1.83. The molecule has 5 nitrogen and oxygen atoms in total. The Morgan fingerprint density at radius 3 is 2.56 bits per heavy atom. The number of carbonyl (C=O) groups excluding carboxylic acids is 1. The molecule has 0 saturated carbocycles. The predicted octanol–water partition coefficient (Wildman–Crippen LogP) is 0.308. The SMILES string of the molecule is CN1CCCC(C(=O)NC(C)(C)C(=O)O)C1. The van der Waals surface area contributed by atoms with Gasteiger partial charge in [0.2, 0.25) is 5.91 Å². The van der Waals surface area contributed by atoms with E-state index in [0.29, 0.717) is 6.54 Å². The van der Waals surface area contributed by atoms with Crippen molar-refractivity contribution in [1.82, 2.24) is 10.2 Å². The number of amides is 1. The first-order chi connectivity index (χ1) is 7.33. The predicted molar refractivity (Wildman–Crippen MR) is 60.1 cm³/mol. The van der Waals surface area contributed by atoms with Gasteiger partial charge in [0.25, 0.3) is 0 Å². The van der Waals surface area contributed by atoms with Gasteiger partial charge in [-0.25, -0.2) is 4.79 Å². The summed E-state index contributed by atoms with van der Waals surface area (Å²) in [6.45, 7) is 4.72. The minimum Gasteiger partial charge on any atom is -0.480 e. The molecule has 0 aliphatic carbocycles.